The van der Waals surface area contributed by atoms with Crippen molar-refractivity contribution in [3.05, 3.63) is 125 Å². The summed E-state index contributed by atoms with van der Waals surface area (Å²) in [6.45, 7) is 0. The van der Waals surface area contributed by atoms with Gasteiger partial charge in [0.05, 0.1) is 0 Å². The number of hydrogen-bond donors (Lipinski definition) is 0. The van der Waals surface area contributed by atoms with E-state index >= 15 is 0 Å². The zero-order valence-electron chi connectivity index (χ0n) is 14.6. The number of halogens is 2. The van der Waals surface area contributed by atoms with Crippen LogP contribution < -0.4 is 0 Å². The van der Waals surface area contributed by atoms with Crippen LogP contribution >= 0.6 is 0 Å². The molecule has 0 amide bonds. The summed E-state index contributed by atoms with van der Waals surface area (Å²) in [4.78, 5) is 4.60. The number of aromatic nitrogens is 1. The van der Waals surface area contributed by atoms with Crippen LogP contribution in [-0.2, 0) is 26.5 Å². The van der Waals surface area contributed by atoms with Gasteiger partial charge >= 0.3 is 0 Å². The normalized spacial score (nSPS) is 13.4. The molecule has 1 nitrogen and oxygen atoms in total. The van der Waals surface area contributed by atoms with Crippen LogP contribution in [0.3, 0.4) is 0 Å². The first-order valence-corrected chi connectivity index (χ1v) is 8.70. The molecule has 28 heavy (non-hydrogen) atoms. The Morgan fingerprint density at radius 2 is 1.29 bits per heavy atom. The van der Waals surface area contributed by atoms with Gasteiger partial charge in [-0.2, -0.15) is 0 Å². The molecule has 0 unspecified atom stereocenters. The Morgan fingerprint density at radius 1 is 0.714 bits per heavy atom. The van der Waals surface area contributed by atoms with Crippen molar-refractivity contribution < 1.29 is 29.8 Å². The van der Waals surface area contributed by atoms with Crippen molar-refractivity contribution in [3.8, 4) is 11.3 Å². The molecule has 140 valence electrons. The second-order valence-electron chi connectivity index (χ2n) is 6.62. The molecule has 0 saturated carbocycles. The maximum atomic E-state index is 13.7. The monoisotopic (exact) mass is 549 g/mol. The van der Waals surface area contributed by atoms with Gasteiger partial charge in [-0.1, -0.05) is 35.9 Å². The van der Waals surface area contributed by atoms with Crippen molar-refractivity contribution in [2.45, 2.75) is 5.41 Å². The zero-order chi connectivity index (χ0) is 18.4. The fourth-order valence-electron chi connectivity index (χ4n) is 4.19. The summed E-state index contributed by atoms with van der Waals surface area (Å²) in [6, 6.07) is 26.1. The van der Waals surface area contributed by atoms with E-state index < -0.39 is 5.41 Å². The molecule has 5 rings (SSSR count). The minimum Gasteiger partial charge on any atom is -0.304 e. The Morgan fingerprint density at radius 3 is 1.89 bits per heavy atom. The van der Waals surface area contributed by atoms with E-state index in [1.165, 1.54) is 24.3 Å². The molecule has 1 heterocycles. The molecular weight excluding hydrogens is 535 g/mol. The Labute approximate surface area is 176 Å². The summed E-state index contributed by atoms with van der Waals surface area (Å²) < 4.78 is 27.4. The van der Waals surface area contributed by atoms with E-state index in [1.54, 1.807) is 30.5 Å². The number of nitrogens with zero attached hydrogens (tertiary/aromatic N) is 1. The van der Waals surface area contributed by atoms with Crippen LogP contribution in [0.25, 0.3) is 11.3 Å². The van der Waals surface area contributed by atoms with Crippen molar-refractivity contribution in [3.63, 3.8) is 0 Å². The third-order valence-electron chi connectivity index (χ3n) is 5.26. The number of pyridine rings is 1. The molecule has 1 aliphatic carbocycles. The van der Waals surface area contributed by atoms with Crippen molar-refractivity contribution in [1.82, 2.24) is 4.98 Å². The van der Waals surface area contributed by atoms with Crippen molar-refractivity contribution in [2.75, 3.05) is 0 Å². The first-order chi connectivity index (χ1) is 13.2. The van der Waals surface area contributed by atoms with Crippen LogP contribution in [0.5, 0.6) is 0 Å². The van der Waals surface area contributed by atoms with Crippen molar-refractivity contribution in [2.24, 2.45) is 0 Å². The number of hydrogen-bond acceptors (Lipinski definition) is 1. The van der Waals surface area contributed by atoms with Gasteiger partial charge in [0, 0.05) is 32.7 Å². The molecule has 0 aliphatic heterocycles. The summed E-state index contributed by atoms with van der Waals surface area (Å²) in [5.41, 5.74) is 4.88. The van der Waals surface area contributed by atoms with E-state index in [9.17, 15) is 8.78 Å². The molecule has 4 heteroatoms. The van der Waals surface area contributed by atoms with Gasteiger partial charge in [0.15, 0.2) is 0 Å². The molecule has 0 atom stereocenters. The fourth-order valence-corrected chi connectivity index (χ4v) is 4.19. The molecule has 0 N–H and O–H groups in total. The first kappa shape index (κ1) is 18.7. The Balaban J connectivity index is 0.00000192. The van der Waals surface area contributed by atoms with E-state index in [1.807, 2.05) is 30.3 Å². The average Bonchev–Trinajstić information content (AvgIpc) is 3.01. The molecule has 1 aromatic heterocycles. The Bertz CT molecular complexity index is 1040. The summed E-state index contributed by atoms with van der Waals surface area (Å²) >= 11 is 0. The van der Waals surface area contributed by atoms with E-state index in [0.29, 0.717) is 0 Å². The van der Waals surface area contributed by atoms with Gasteiger partial charge in [0.25, 0.3) is 0 Å². The number of rotatable bonds is 2. The molecule has 0 spiro atoms. The number of benzene rings is 3. The van der Waals surface area contributed by atoms with Gasteiger partial charge in [-0.15, -0.1) is 35.4 Å². The second kappa shape index (κ2) is 7.07. The molecule has 4 aromatic rings. The molecular formula is C24H14F2NPt-. The smallest absolute Gasteiger partial charge is 0.123 e. The topological polar surface area (TPSA) is 12.9 Å². The largest absolute Gasteiger partial charge is 0.304 e. The fraction of sp³-hybridized carbons (Fsp3) is 0.0417. The van der Waals surface area contributed by atoms with Gasteiger partial charge in [-0.05, 0) is 47.2 Å². The van der Waals surface area contributed by atoms with Crippen LogP contribution in [0.1, 0.15) is 22.3 Å². The SMILES string of the molecule is Fc1ccc(C2(c3ccc(F)cc3)c3ccc[c-]c3-c3ncccc32)cc1.[Pt]. The van der Waals surface area contributed by atoms with Crippen LogP contribution in [-0.4, -0.2) is 4.98 Å². The van der Waals surface area contributed by atoms with E-state index in [4.69, 9.17) is 0 Å². The van der Waals surface area contributed by atoms with Crippen molar-refractivity contribution in [1.29, 1.82) is 0 Å². The maximum Gasteiger partial charge on any atom is 0.123 e. The predicted octanol–water partition coefficient (Wildman–Crippen LogP) is 5.52. The summed E-state index contributed by atoms with van der Waals surface area (Å²) in [5, 5.41) is 0. The molecule has 3 aromatic carbocycles. The van der Waals surface area contributed by atoms with Crippen LogP contribution in [0.2, 0.25) is 0 Å². The minimum absolute atomic E-state index is 0. The molecule has 0 bridgehead atoms. The predicted molar refractivity (Wildman–Crippen MR) is 100 cm³/mol. The molecule has 0 saturated heterocycles. The summed E-state index contributed by atoms with van der Waals surface area (Å²) in [7, 11) is 0. The quantitative estimate of drug-likeness (QED) is 0.265. The van der Waals surface area contributed by atoms with E-state index in [0.717, 1.165) is 33.5 Å². The van der Waals surface area contributed by atoms with Gasteiger partial charge in [-0.3, -0.25) is 0 Å². The molecule has 0 radical (unpaired) electrons. The van der Waals surface area contributed by atoms with Gasteiger partial charge in [0.2, 0.25) is 0 Å². The standard InChI is InChI=1S/C24H14F2N.Pt/c25-18-11-7-16(8-12-18)24(17-9-13-19(26)14-10-17)21-5-2-1-4-20(21)23-22(24)6-3-15-27-23;/h1-3,5-15H;/q-1;. The molecule has 1 aliphatic rings. The van der Waals surface area contributed by atoms with Crippen LogP contribution in [0, 0.1) is 17.7 Å². The maximum absolute atomic E-state index is 13.7. The van der Waals surface area contributed by atoms with Gasteiger partial charge < -0.3 is 4.98 Å². The van der Waals surface area contributed by atoms with Crippen molar-refractivity contribution >= 4 is 0 Å². The third-order valence-corrected chi connectivity index (χ3v) is 5.26. The number of fused-ring (bicyclic) bond motifs is 3. The van der Waals surface area contributed by atoms with Crippen LogP contribution in [0.4, 0.5) is 8.78 Å². The zero-order valence-corrected chi connectivity index (χ0v) is 16.9. The third kappa shape index (κ3) is 2.57. The van der Waals surface area contributed by atoms with E-state index in [2.05, 4.69) is 11.1 Å². The van der Waals surface area contributed by atoms with Crippen LogP contribution in [0.15, 0.2) is 85.1 Å². The average molecular weight is 549 g/mol. The first-order valence-electron chi connectivity index (χ1n) is 8.70. The minimum atomic E-state index is -0.696. The summed E-state index contributed by atoms with van der Waals surface area (Å²) in [6.07, 6.45) is 1.76. The Kier molecular flexibility index (Phi) is 4.72. The second-order valence-corrected chi connectivity index (χ2v) is 6.62. The van der Waals surface area contributed by atoms with E-state index in [-0.39, 0.29) is 32.7 Å². The van der Waals surface area contributed by atoms with Gasteiger partial charge in [0.1, 0.15) is 11.6 Å². The molecule has 0 fully saturated rings. The summed E-state index contributed by atoms with van der Waals surface area (Å²) in [5.74, 6) is -0.588. The Hall–Kier alpha value is -2.64. The van der Waals surface area contributed by atoms with Gasteiger partial charge in [-0.25, -0.2) is 8.78 Å².